The summed E-state index contributed by atoms with van der Waals surface area (Å²) in [6, 6.07) is 0. The quantitative estimate of drug-likeness (QED) is 0.367. The number of likely N-dealkylation sites (N-methyl/N-ethyl adjacent to an activating group) is 1. The van der Waals surface area contributed by atoms with E-state index in [-0.39, 0.29) is 30.0 Å². The summed E-state index contributed by atoms with van der Waals surface area (Å²) in [5.74, 6) is -1.84. The van der Waals surface area contributed by atoms with Crippen molar-refractivity contribution in [1.29, 1.82) is 0 Å². The van der Waals surface area contributed by atoms with Crippen LogP contribution in [-0.2, 0) is 34.7 Å². The second-order valence-electron chi connectivity index (χ2n) is 11.8. The number of fused-ring (bicyclic) bond motifs is 3. The lowest BCUT2D eigenvalue weighted by molar-refractivity contribution is -0.339. The third kappa shape index (κ3) is 4.47. The molecular formula is C25H41NO9S. The fourth-order valence-corrected chi connectivity index (χ4v) is 7.21. The highest BCUT2D eigenvalue weighted by atomic mass is 32.2. The first kappa shape index (κ1) is 30.6. The van der Waals surface area contributed by atoms with E-state index in [0.717, 1.165) is 6.92 Å². The SMILES string of the molecule is C=C[C@@]1(C)CC(=O)[C@]2(O)[C@]3(C)[C@@H](CC[C@@]2(C)O1)C(C)(C)CC[C@@]3(O)C(=O)N(C)C.CC(=O)OS(=O)O. The number of ketones is 1. The molecule has 0 aromatic heterocycles. The Kier molecular flexibility index (Phi) is 8.13. The number of Topliss-reactive ketones (excluding diaryl/α,β-unsaturated/α-hetero) is 1. The van der Waals surface area contributed by atoms with E-state index in [9.17, 15) is 28.8 Å². The predicted octanol–water partition coefficient (Wildman–Crippen LogP) is 2.15. The van der Waals surface area contributed by atoms with Crippen molar-refractivity contribution in [1.82, 2.24) is 4.90 Å². The van der Waals surface area contributed by atoms with Crippen LogP contribution in [0, 0.1) is 16.7 Å². The number of aliphatic hydroxyl groups is 2. The summed E-state index contributed by atoms with van der Waals surface area (Å²) in [6.07, 6.45) is 3.49. The lowest BCUT2D eigenvalue weighted by Crippen LogP contribution is -2.84. The number of carbonyl (C=O) groups excluding carboxylic acids is 3. The van der Waals surface area contributed by atoms with Gasteiger partial charge < -0.3 is 24.0 Å². The van der Waals surface area contributed by atoms with Gasteiger partial charge in [0.2, 0.25) is 0 Å². The first-order chi connectivity index (χ1) is 16.2. The molecule has 11 heteroatoms. The monoisotopic (exact) mass is 531 g/mol. The van der Waals surface area contributed by atoms with E-state index < -0.39 is 51.1 Å². The van der Waals surface area contributed by atoms with Gasteiger partial charge in [0.15, 0.2) is 17.0 Å². The van der Waals surface area contributed by atoms with E-state index in [1.54, 1.807) is 40.9 Å². The Morgan fingerprint density at radius 3 is 2.11 bits per heavy atom. The van der Waals surface area contributed by atoms with Crippen LogP contribution in [0.1, 0.15) is 73.6 Å². The predicted molar refractivity (Wildman–Crippen MR) is 133 cm³/mol. The largest absolute Gasteiger partial charge is 0.379 e. The molecule has 206 valence electrons. The van der Waals surface area contributed by atoms with Crippen molar-refractivity contribution in [2.75, 3.05) is 14.1 Å². The number of amides is 1. The summed E-state index contributed by atoms with van der Waals surface area (Å²) in [7, 11) is 3.19. The summed E-state index contributed by atoms with van der Waals surface area (Å²) in [4.78, 5) is 38.0. The maximum atomic E-state index is 13.7. The van der Waals surface area contributed by atoms with Crippen LogP contribution in [0.15, 0.2) is 12.7 Å². The average molecular weight is 532 g/mol. The highest BCUT2D eigenvalue weighted by Crippen LogP contribution is 2.69. The molecule has 3 N–H and O–H groups in total. The standard InChI is InChI=1S/C23H37NO5.C2H4O4S/c1-9-19(4)14-16(25)23(28)20(5,29-19)11-10-15-18(2,3)12-13-22(27,21(15,23)6)17(26)24(7)8;1-2(3)6-7(4)5/h9,15,27-28H,1,10-14H2,2-8H3;1H3,(H,4,5)/t15-,19-,20+,21+,22+,23+;/m0./s1. The molecule has 2 aliphatic carbocycles. The summed E-state index contributed by atoms with van der Waals surface area (Å²) >= 11 is -2.45. The van der Waals surface area contributed by atoms with E-state index in [1.807, 2.05) is 0 Å². The molecule has 0 radical (unpaired) electrons. The van der Waals surface area contributed by atoms with Crippen LogP contribution >= 0.6 is 0 Å². The highest BCUT2D eigenvalue weighted by molar-refractivity contribution is 7.74. The Morgan fingerprint density at radius 1 is 1.14 bits per heavy atom. The van der Waals surface area contributed by atoms with Crippen molar-refractivity contribution in [2.45, 2.75) is 96.1 Å². The molecule has 0 spiro atoms. The van der Waals surface area contributed by atoms with E-state index >= 15 is 0 Å². The molecule has 0 bridgehead atoms. The molecule has 1 amide bonds. The maximum absolute atomic E-state index is 13.7. The number of ether oxygens (including phenoxy) is 1. The van der Waals surface area contributed by atoms with Crippen molar-refractivity contribution in [3.8, 4) is 0 Å². The first-order valence-electron chi connectivity index (χ1n) is 12.0. The van der Waals surface area contributed by atoms with Gasteiger partial charge in [0, 0.05) is 32.9 Å². The maximum Gasteiger partial charge on any atom is 0.360 e. The highest BCUT2D eigenvalue weighted by Gasteiger charge is 2.80. The van der Waals surface area contributed by atoms with Crippen molar-refractivity contribution in [2.24, 2.45) is 16.7 Å². The van der Waals surface area contributed by atoms with Gasteiger partial charge in [0.25, 0.3) is 5.91 Å². The van der Waals surface area contributed by atoms with Crippen LogP contribution in [0.4, 0.5) is 0 Å². The van der Waals surface area contributed by atoms with Gasteiger partial charge in [-0.25, -0.2) is 0 Å². The van der Waals surface area contributed by atoms with Crippen LogP contribution in [0.25, 0.3) is 0 Å². The van der Waals surface area contributed by atoms with E-state index in [0.29, 0.717) is 19.3 Å². The van der Waals surface area contributed by atoms with Crippen molar-refractivity contribution < 1.29 is 42.3 Å². The van der Waals surface area contributed by atoms with Gasteiger partial charge in [0.05, 0.1) is 5.60 Å². The minimum Gasteiger partial charge on any atom is -0.379 e. The summed E-state index contributed by atoms with van der Waals surface area (Å²) in [5.41, 5.74) is -7.63. The Morgan fingerprint density at radius 2 is 1.69 bits per heavy atom. The summed E-state index contributed by atoms with van der Waals surface area (Å²) < 4.78 is 27.2. The number of nitrogens with zero attached hydrogens (tertiary/aromatic N) is 1. The Bertz CT molecular complexity index is 955. The fourth-order valence-electron chi connectivity index (χ4n) is 7.01. The third-order valence-electron chi connectivity index (χ3n) is 8.81. The number of rotatable bonds is 3. The van der Waals surface area contributed by atoms with Crippen LogP contribution in [0.3, 0.4) is 0 Å². The minimum atomic E-state index is -2.45. The molecule has 3 rings (SSSR count). The molecule has 1 saturated heterocycles. The topological polar surface area (TPSA) is 151 Å². The Labute approximate surface area is 215 Å². The number of carbonyl (C=O) groups is 3. The van der Waals surface area contributed by atoms with Gasteiger partial charge in [-0.05, 0) is 50.9 Å². The van der Waals surface area contributed by atoms with Gasteiger partial charge in [-0.2, -0.15) is 4.21 Å². The minimum absolute atomic E-state index is 0.0441. The van der Waals surface area contributed by atoms with E-state index in [2.05, 4.69) is 24.6 Å². The van der Waals surface area contributed by atoms with Crippen molar-refractivity contribution in [3.63, 3.8) is 0 Å². The van der Waals surface area contributed by atoms with Crippen LogP contribution < -0.4 is 0 Å². The average Bonchev–Trinajstić information content (AvgIpc) is 2.72. The molecule has 10 nitrogen and oxygen atoms in total. The molecule has 36 heavy (non-hydrogen) atoms. The lowest BCUT2D eigenvalue weighted by atomic mass is 9.37. The Balaban J connectivity index is 0.000000572. The number of hydrogen-bond acceptors (Lipinski definition) is 8. The zero-order valence-corrected chi connectivity index (χ0v) is 23.4. The molecule has 7 atom stereocenters. The van der Waals surface area contributed by atoms with Gasteiger partial charge in [-0.15, -0.1) is 6.58 Å². The smallest absolute Gasteiger partial charge is 0.360 e. The normalized spacial score (nSPS) is 42.0. The van der Waals surface area contributed by atoms with Gasteiger partial charge >= 0.3 is 17.3 Å². The molecule has 1 heterocycles. The van der Waals surface area contributed by atoms with E-state index in [1.165, 1.54) is 4.90 Å². The molecule has 0 aromatic rings. The zero-order chi connectivity index (χ0) is 28.1. The van der Waals surface area contributed by atoms with Crippen LogP contribution in [0.5, 0.6) is 0 Å². The molecule has 3 fully saturated rings. The molecular weight excluding hydrogens is 490 g/mol. The van der Waals surface area contributed by atoms with Gasteiger partial charge in [0.1, 0.15) is 5.60 Å². The van der Waals surface area contributed by atoms with Crippen LogP contribution in [-0.4, -0.2) is 78.0 Å². The van der Waals surface area contributed by atoms with Crippen LogP contribution in [0.2, 0.25) is 0 Å². The fraction of sp³-hybridized carbons (Fsp3) is 0.800. The Hall–Kier alpha value is -1.66. The molecule has 1 aliphatic heterocycles. The zero-order valence-electron chi connectivity index (χ0n) is 22.5. The molecule has 3 aliphatic rings. The lowest BCUT2D eigenvalue weighted by Gasteiger charge is -2.71. The second-order valence-corrected chi connectivity index (χ2v) is 12.4. The second kappa shape index (κ2) is 9.58. The van der Waals surface area contributed by atoms with Gasteiger partial charge in [-0.3, -0.25) is 18.9 Å². The van der Waals surface area contributed by atoms with E-state index in [4.69, 9.17) is 9.29 Å². The molecule has 2 saturated carbocycles. The van der Waals surface area contributed by atoms with Crippen molar-refractivity contribution >= 4 is 29.0 Å². The number of hydrogen-bond donors (Lipinski definition) is 3. The summed E-state index contributed by atoms with van der Waals surface area (Å²) in [6.45, 7) is 14.3. The first-order valence-corrected chi connectivity index (χ1v) is 13.0. The third-order valence-corrected chi connectivity index (χ3v) is 9.19. The van der Waals surface area contributed by atoms with Gasteiger partial charge in [-0.1, -0.05) is 26.8 Å². The molecule has 1 unspecified atom stereocenters. The van der Waals surface area contributed by atoms with Crippen molar-refractivity contribution in [3.05, 3.63) is 12.7 Å². The molecule has 0 aromatic carbocycles. The summed E-state index contributed by atoms with van der Waals surface area (Å²) in [5, 5.41) is 24.2.